The second-order valence-corrected chi connectivity index (χ2v) is 12.5. The maximum absolute atomic E-state index is 12.5. The van der Waals surface area contributed by atoms with Crippen LogP contribution in [0.15, 0.2) is 11.6 Å². The zero-order valence-corrected chi connectivity index (χ0v) is 20.0. The normalized spacial score (nSPS) is 46.0. The summed E-state index contributed by atoms with van der Waals surface area (Å²) < 4.78 is 37.5. The van der Waals surface area contributed by atoms with Gasteiger partial charge in [-0.15, -0.1) is 0 Å². The number of aliphatic hydroxyl groups is 1. The van der Waals surface area contributed by atoms with Gasteiger partial charge in [0.25, 0.3) is 0 Å². The molecule has 8 atom stereocenters. The number of unbranched alkanes of at least 4 members (excludes halogenated alkanes) is 1. The molecule has 0 unspecified atom stereocenters. The summed E-state index contributed by atoms with van der Waals surface area (Å²) in [5, 5.41) is 10.6. The predicted octanol–water partition coefficient (Wildman–Crippen LogP) is 8.08. The molecule has 0 aromatic rings. The summed E-state index contributed by atoms with van der Waals surface area (Å²) in [7, 11) is 0. The largest absolute Gasteiger partial charge is 0.390 e. The number of alkyl halides is 3. The highest BCUT2D eigenvalue weighted by Crippen LogP contribution is 2.67. The lowest BCUT2D eigenvalue weighted by molar-refractivity contribution is -0.135. The predicted molar refractivity (Wildman–Crippen MR) is 120 cm³/mol. The molecular formula is C27H43F3O. The van der Waals surface area contributed by atoms with Crippen LogP contribution in [0.1, 0.15) is 105 Å². The van der Waals surface area contributed by atoms with E-state index in [4.69, 9.17) is 0 Å². The third-order valence-electron chi connectivity index (χ3n) is 10.5. The molecular weight excluding hydrogens is 397 g/mol. The lowest BCUT2D eigenvalue weighted by Crippen LogP contribution is -2.52. The standard InChI is InChI=1S/C27H43F3O/c1-18(7-5-6-13-27(28,29)30)21-10-11-22-20-9-8-19-17-24(2,31)15-16-25(19,3)23(20)12-14-26(21,22)4/h8,18,20-23,31H,5-7,9-17H2,1-4H3/t18-,20+,21-,22+,23+,24+,25+,26-/m1/s1. The summed E-state index contributed by atoms with van der Waals surface area (Å²) in [6.07, 6.45) is 8.90. The number of allylic oxidation sites excluding steroid dienone is 1. The maximum atomic E-state index is 12.5. The van der Waals surface area contributed by atoms with E-state index in [1.807, 2.05) is 6.92 Å². The molecule has 31 heavy (non-hydrogen) atoms. The van der Waals surface area contributed by atoms with Crippen molar-refractivity contribution in [3.05, 3.63) is 11.6 Å². The van der Waals surface area contributed by atoms with E-state index in [1.165, 1.54) is 37.7 Å². The fourth-order valence-corrected chi connectivity index (χ4v) is 8.77. The minimum absolute atomic E-state index is 0.258. The van der Waals surface area contributed by atoms with Gasteiger partial charge >= 0.3 is 6.18 Å². The van der Waals surface area contributed by atoms with E-state index in [0.29, 0.717) is 23.7 Å². The van der Waals surface area contributed by atoms with E-state index >= 15 is 0 Å². The molecule has 4 aliphatic rings. The highest BCUT2D eigenvalue weighted by molar-refractivity contribution is 5.26. The minimum atomic E-state index is -4.01. The van der Waals surface area contributed by atoms with Crippen molar-refractivity contribution in [3.63, 3.8) is 0 Å². The number of rotatable bonds is 5. The van der Waals surface area contributed by atoms with Gasteiger partial charge in [0.2, 0.25) is 0 Å². The molecule has 3 saturated carbocycles. The molecule has 0 saturated heterocycles. The SMILES string of the molecule is C[C@H](CCCCC(F)(F)F)[C@H]1CC[C@H]2[C@@H]3CC=C4C[C@@](C)(O)CC[C@]4(C)[C@H]3CC[C@]12C. The molecule has 3 fully saturated rings. The molecule has 4 rings (SSSR count). The zero-order chi connectivity index (χ0) is 22.7. The molecule has 1 N–H and O–H groups in total. The third-order valence-corrected chi connectivity index (χ3v) is 10.5. The van der Waals surface area contributed by atoms with E-state index in [9.17, 15) is 18.3 Å². The van der Waals surface area contributed by atoms with Crippen molar-refractivity contribution in [3.8, 4) is 0 Å². The van der Waals surface area contributed by atoms with E-state index in [0.717, 1.165) is 43.4 Å². The molecule has 1 nitrogen and oxygen atoms in total. The molecule has 4 heteroatoms. The van der Waals surface area contributed by atoms with Crippen LogP contribution in [0.25, 0.3) is 0 Å². The van der Waals surface area contributed by atoms with Crippen LogP contribution in [0.3, 0.4) is 0 Å². The van der Waals surface area contributed by atoms with Gasteiger partial charge in [0.15, 0.2) is 0 Å². The van der Waals surface area contributed by atoms with Gasteiger partial charge in [-0.3, -0.25) is 0 Å². The van der Waals surface area contributed by atoms with Crippen molar-refractivity contribution in [2.75, 3.05) is 0 Å². The zero-order valence-electron chi connectivity index (χ0n) is 20.0. The first-order chi connectivity index (χ1) is 14.4. The molecule has 0 amide bonds. The number of halogens is 3. The molecule has 178 valence electrons. The van der Waals surface area contributed by atoms with Crippen molar-refractivity contribution in [1.82, 2.24) is 0 Å². The van der Waals surface area contributed by atoms with Crippen LogP contribution in [0, 0.1) is 40.4 Å². The number of hydrogen-bond donors (Lipinski definition) is 1. The van der Waals surface area contributed by atoms with Crippen LogP contribution in [0.4, 0.5) is 13.2 Å². The third kappa shape index (κ3) is 4.36. The molecule has 0 radical (unpaired) electrons. The summed E-state index contributed by atoms with van der Waals surface area (Å²) in [5.74, 6) is 3.43. The average molecular weight is 441 g/mol. The summed E-state index contributed by atoms with van der Waals surface area (Å²) in [6.45, 7) is 9.30. The van der Waals surface area contributed by atoms with Crippen molar-refractivity contribution in [2.45, 2.75) is 117 Å². The lowest BCUT2D eigenvalue weighted by atomic mass is 9.46. The van der Waals surface area contributed by atoms with E-state index in [1.54, 1.807) is 0 Å². The molecule has 0 bridgehead atoms. The Kier molecular flexibility index (Phi) is 6.15. The van der Waals surface area contributed by atoms with Crippen molar-refractivity contribution >= 4 is 0 Å². The number of fused-ring (bicyclic) bond motifs is 5. The molecule has 0 aliphatic heterocycles. The lowest BCUT2D eigenvalue weighted by Gasteiger charge is -2.59. The van der Waals surface area contributed by atoms with Crippen molar-refractivity contribution < 1.29 is 18.3 Å². The molecule has 0 aromatic heterocycles. The van der Waals surface area contributed by atoms with Crippen LogP contribution in [-0.4, -0.2) is 16.9 Å². The maximum Gasteiger partial charge on any atom is 0.389 e. The molecule has 0 aromatic carbocycles. The van der Waals surface area contributed by atoms with Crippen molar-refractivity contribution in [1.29, 1.82) is 0 Å². The quantitative estimate of drug-likeness (QED) is 0.338. The highest BCUT2D eigenvalue weighted by atomic mass is 19.4. The van der Waals surface area contributed by atoms with Gasteiger partial charge in [-0.05, 0) is 105 Å². The first-order valence-electron chi connectivity index (χ1n) is 12.8. The molecule has 0 heterocycles. The van der Waals surface area contributed by atoms with Crippen LogP contribution in [0.2, 0.25) is 0 Å². The Morgan fingerprint density at radius 3 is 2.48 bits per heavy atom. The Balaban J connectivity index is 1.43. The van der Waals surface area contributed by atoms with Crippen LogP contribution < -0.4 is 0 Å². The summed E-state index contributed by atoms with van der Waals surface area (Å²) in [6, 6.07) is 0. The fourth-order valence-electron chi connectivity index (χ4n) is 8.77. The smallest absolute Gasteiger partial charge is 0.389 e. The minimum Gasteiger partial charge on any atom is -0.390 e. The first kappa shape index (κ1) is 23.6. The van der Waals surface area contributed by atoms with E-state index in [-0.39, 0.29) is 11.8 Å². The monoisotopic (exact) mass is 440 g/mol. The summed E-state index contributed by atoms with van der Waals surface area (Å²) in [5.41, 5.74) is 1.59. The Hall–Kier alpha value is -0.510. The van der Waals surface area contributed by atoms with Gasteiger partial charge in [0.05, 0.1) is 5.60 Å². The van der Waals surface area contributed by atoms with Gasteiger partial charge in [-0.2, -0.15) is 13.2 Å². The van der Waals surface area contributed by atoms with Gasteiger partial charge in [-0.1, -0.05) is 45.3 Å². The van der Waals surface area contributed by atoms with Gasteiger partial charge < -0.3 is 5.11 Å². The van der Waals surface area contributed by atoms with Crippen LogP contribution in [-0.2, 0) is 0 Å². The van der Waals surface area contributed by atoms with Crippen LogP contribution in [0.5, 0.6) is 0 Å². The second kappa shape index (κ2) is 8.06. The van der Waals surface area contributed by atoms with Crippen LogP contribution >= 0.6 is 0 Å². The Bertz CT molecular complexity index is 695. The topological polar surface area (TPSA) is 20.2 Å². The number of hydrogen-bond acceptors (Lipinski definition) is 1. The highest BCUT2D eigenvalue weighted by Gasteiger charge is 2.59. The van der Waals surface area contributed by atoms with Gasteiger partial charge in [0.1, 0.15) is 0 Å². The van der Waals surface area contributed by atoms with E-state index in [2.05, 4.69) is 26.8 Å². The summed E-state index contributed by atoms with van der Waals surface area (Å²) >= 11 is 0. The Morgan fingerprint density at radius 2 is 1.77 bits per heavy atom. The summed E-state index contributed by atoms with van der Waals surface area (Å²) in [4.78, 5) is 0. The fraction of sp³-hybridized carbons (Fsp3) is 0.926. The van der Waals surface area contributed by atoms with Crippen molar-refractivity contribution in [2.24, 2.45) is 40.4 Å². The van der Waals surface area contributed by atoms with E-state index < -0.39 is 18.2 Å². The Morgan fingerprint density at radius 1 is 1.03 bits per heavy atom. The Labute approximate surface area is 187 Å². The molecule has 4 aliphatic carbocycles. The average Bonchev–Trinajstić information content (AvgIpc) is 3.02. The van der Waals surface area contributed by atoms with Gasteiger partial charge in [-0.25, -0.2) is 0 Å². The molecule has 0 spiro atoms. The van der Waals surface area contributed by atoms with Gasteiger partial charge in [0, 0.05) is 6.42 Å². The first-order valence-corrected chi connectivity index (χ1v) is 12.8. The second-order valence-electron chi connectivity index (χ2n) is 12.5.